The Kier molecular flexibility index (Phi) is 4.53. The summed E-state index contributed by atoms with van der Waals surface area (Å²) in [4.78, 5) is 12.5. The van der Waals surface area contributed by atoms with Gasteiger partial charge < -0.3 is 9.47 Å². The Balaban J connectivity index is 2.43. The Bertz CT molecular complexity index is 654. The highest BCUT2D eigenvalue weighted by molar-refractivity contribution is 6.32. The normalized spacial score (nSPS) is 10.2. The highest BCUT2D eigenvalue weighted by atomic mass is 35.5. The van der Waals surface area contributed by atoms with Gasteiger partial charge in [0.1, 0.15) is 11.5 Å². The zero-order chi connectivity index (χ0) is 14.7. The molecule has 0 unspecified atom stereocenters. The standard InChI is InChI=1S/C15H12Cl2O3/c1-19-13-6-3-9(7-12(13)17)15(18)11-5-4-10(16)8-14(11)20-2/h3-8H,1-2H3. The van der Waals surface area contributed by atoms with E-state index in [4.69, 9.17) is 32.7 Å². The maximum atomic E-state index is 12.5. The van der Waals surface area contributed by atoms with Gasteiger partial charge in [0.05, 0.1) is 24.8 Å². The number of hydrogen-bond acceptors (Lipinski definition) is 3. The number of ether oxygens (including phenoxy) is 2. The van der Waals surface area contributed by atoms with Crippen molar-refractivity contribution in [2.75, 3.05) is 14.2 Å². The van der Waals surface area contributed by atoms with E-state index in [-0.39, 0.29) is 5.78 Å². The zero-order valence-electron chi connectivity index (χ0n) is 10.9. The smallest absolute Gasteiger partial charge is 0.196 e. The lowest BCUT2D eigenvalue weighted by atomic mass is 10.0. The molecule has 0 saturated carbocycles. The molecular formula is C15H12Cl2O3. The first kappa shape index (κ1) is 14.7. The van der Waals surface area contributed by atoms with Gasteiger partial charge in [-0.25, -0.2) is 0 Å². The largest absolute Gasteiger partial charge is 0.496 e. The van der Waals surface area contributed by atoms with Crippen molar-refractivity contribution in [2.24, 2.45) is 0 Å². The van der Waals surface area contributed by atoms with Gasteiger partial charge in [-0.05, 0) is 36.4 Å². The number of halogens is 2. The van der Waals surface area contributed by atoms with Gasteiger partial charge in [-0.3, -0.25) is 4.79 Å². The van der Waals surface area contributed by atoms with E-state index in [1.165, 1.54) is 14.2 Å². The second kappa shape index (κ2) is 6.16. The quantitative estimate of drug-likeness (QED) is 0.792. The van der Waals surface area contributed by atoms with Crippen molar-refractivity contribution in [2.45, 2.75) is 0 Å². The number of methoxy groups -OCH3 is 2. The lowest BCUT2D eigenvalue weighted by molar-refractivity contribution is 0.103. The molecule has 0 heterocycles. The van der Waals surface area contributed by atoms with Crippen molar-refractivity contribution < 1.29 is 14.3 Å². The minimum Gasteiger partial charge on any atom is -0.496 e. The number of benzene rings is 2. The molecule has 0 saturated heterocycles. The van der Waals surface area contributed by atoms with Crippen LogP contribution in [0.1, 0.15) is 15.9 Å². The molecule has 20 heavy (non-hydrogen) atoms. The van der Waals surface area contributed by atoms with Gasteiger partial charge in [0, 0.05) is 10.6 Å². The van der Waals surface area contributed by atoms with Crippen molar-refractivity contribution in [3.63, 3.8) is 0 Å². The van der Waals surface area contributed by atoms with Crippen molar-refractivity contribution in [3.05, 3.63) is 57.6 Å². The highest BCUT2D eigenvalue weighted by Crippen LogP contribution is 2.29. The molecule has 0 N–H and O–H groups in total. The molecule has 0 aliphatic carbocycles. The van der Waals surface area contributed by atoms with Crippen molar-refractivity contribution >= 4 is 29.0 Å². The Morgan fingerprint density at radius 2 is 1.65 bits per heavy atom. The van der Waals surface area contributed by atoms with Crippen LogP contribution in [0, 0.1) is 0 Å². The second-order valence-corrected chi connectivity index (χ2v) is 4.87. The summed E-state index contributed by atoms with van der Waals surface area (Å²) in [6, 6.07) is 9.74. The predicted octanol–water partition coefficient (Wildman–Crippen LogP) is 4.24. The van der Waals surface area contributed by atoms with Crippen LogP contribution < -0.4 is 9.47 Å². The monoisotopic (exact) mass is 310 g/mol. The molecule has 0 aliphatic rings. The molecule has 0 atom stereocenters. The molecule has 0 spiro atoms. The minimum absolute atomic E-state index is 0.192. The summed E-state index contributed by atoms with van der Waals surface area (Å²) in [7, 11) is 3.01. The molecule has 2 aromatic carbocycles. The Morgan fingerprint density at radius 1 is 0.950 bits per heavy atom. The van der Waals surface area contributed by atoms with E-state index in [1.54, 1.807) is 36.4 Å². The van der Waals surface area contributed by atoms with Crippen LogP contribution >= 0.6 is 23.2 Å². The van der Waals surface area contributed by atoms with Gasteiger partial charge in [0.2, 0.25) is 0 Å². The third kappa shape index (κ3) is 2.89. The van der Waals surface area contributed by atoms with Crippen LogP contribution in [0.5, 0.6) is 11.5 Å². The van der Waals surface area contributed by atoms with E-state index in [9.17, 15) is 4.79 Å². The van der Waals surface area contributed by atoms with Gasteiger partial charge in [-0.15, -0.1) is 0 Å². The fourth-order valence-corrected chi connectivity index (χ4v) is 2.24. The average Bonchev–Trinajstić information content (AvgIpc) is 2.46. The molecule has 0 radical (unpaired) electrons. The number of ketones is 1. The molecule has 5 heteroatoms. The van der Waals surface area contributed by atoms with Crippen LogP contribution in [0.3, 0.4) is 0 Å². The van der Waals surface area contributed by atoms with E-state index in [0.29, 0.717) is 32.7 Å². The number of carbonyl (C=O) groups is 1. The summed E-state index contributed by atoms with van der Waals surface area (Å²) >= 11 is 11.9. The Hall–Kier alpha value is -1.71. The first-order chi connectivity index (χ1) is 9.56. The van der Waals surface area contributed by atoms with Crippen LogP contribution in [0.4, 0.5) is 0 Å². The maximum Gasteiger partial charge on any atom is 0.196 e. The average molecular weight is 311 g/mol. The Labute approximate surface area is 127 Å². The van der Waals surface area contributed by atoms with Crippen LogP contribution in [-0.4, -0.2) is 20.0 Å². The van der Waals surface area contributed by atoms with Gasteiger partial charge in [-0.2, -0.15) is 0 Å². The lowest BCUT2D eigenvalue weighted by Crippen LogP contribution is -2.04. The number of hydrogen-bond donors (Lipinski definition) is 0. The van der Waals surface area contributed by atoms with Crippen molar-refractivity contribution in [1.82, 2.24) is 0 Å². The predicted molar refractivity (Wildman–Crippen MR) is 79.4 cm³/mol. The van der Waals surface area contributed by atoms with Crippen LogP contribution in [-0.2, 0) is 0 Å². The summed E-state index contributed by atoms with van der Waals surface area (Å²) in [6.45, 7) is 0. The molecule has 0 aliphatic heterocycles. The van der Waals surface area contributed by atoms with E-state index in [1.807, 2.05) is 0 Å². The Morgan fingerprint density at radius 3 is 2.25 bits per heavy atom. The summed E-state index contributed by atoms with van der Waals surface area (Å²) in [6.07, 6.45) is 0. The molecule has 2 rings (SSSR count). The van der Waals surface area contributed by atoms with E-state index >= 15 is 0 Å². The topological polar surface area (TPSA) is 35.5 Å². The molecule has 3 nitrogen and oxygen atoms in total. The molecule has 104 valence electrons. The van der Waals surface area contributed by atoms with E-state index in [2.05, 4.69) is 0 Å². The number of carbonyl (C=O) groups excluding carboxylic acids is 1. The maximum absolute atomic E-state index is 12.5. The van der Waals surface area contributed by atoms with Crippen LogP contribution in [0.15, 0.2) is 36.4 Å². The molecule has 2 aromatic rings. The van der Waals surface area contributed by atoms with Crippen LogP contribution in [0.25, 0.3) is 0 Å². The van der Waals surface area contributed by atoms with Gasteiger partial charge in [0.15, 0.2) is 5.78 Å². The molecule has 0 amide bonds. The lowest BCUT2D eigenvalue weighted by Gasteiger charge is -2.09. The molecule has 0 aromatic heterocycles. The first-order valence-electron chi connectivity index (χ1n) is 5.78. The summed E-state index contributed by atoms with van der Waals surface area (Å²) in [5.74, 6) is 0.754. The summed E-state index contributed by atoms with van der Waals surface area (Å²) < 4.78 is 10.2. The second-order valence-electron chi connectivity index (χ2n) is 4.02. The SMILES string of the molecule is COc1ccc(C(=O)c2ccc(Cl)cc2OC)cc1Cl. The third-order valence-electron chi connectivity index (χ3n) is 2.82. The summed E-state index contributed by atoms with van der Waals surface area (Å²) in [5.41, 5.74) is 0.884. The van der Waals surface area contributed by atoms with Gasteiger partial charge >= 0.3 is 0 Å². The van der Waals surface area contributed by atoms with E-state index in [0.717, 1.165) is 0 Å². The first-order valence-corrected chi connectivity index (χ1v) is 6.54. The third-order valence-corrected chi connectivity index (χ3v) is 3.35. The van der Waals surface area contributed by atoms with Gasteiger partial charge in [0.25, 0.3) is 0 Å². The zero-order valence-corrected chi connectivity index (χ0v) is 12.5. The highest BCUT2D eigenvalue weighted by Gasteiger charge is 2.16. The number of rotatable bonds is 4. The molecule has 0 bridgehead atoms. The fourth-order valence-electron chi connectivity index (χ4n) is 1.82. The fraction of sp³-hybridized carbons (Fsp3) is 0.133. The van der Waals surface area contributed by atoms with E-state index < -0.39 is 0 Å². The summed E-state index contributed by atoms with van der Waals surface area (Å²) in [5, 5.41) is 0.887. The van der Waals surface area contributed by atoms with Crippen molar-refractivity contribution in [1.29, 1.82) is 0 Å². The molecular weight excluding hydrogens is 299 g/mol. The van der Waals surface area contributed by atoms with Gasteiger partial charge in [-0.1, -0.05) is 23.2 Å². The van der Waals surface area contributed by atoms with Crippen molar-refractivity contribution in [3.8, 4) is 11.5 Å². The minimum atomic E-state index is -0.192. The molecule has 0 fully saturated rings. The van der Waals surface area contributed by atoms with Crippen LogP contribution in [0.2, 0.25) is 10.0 Å².